The number of rotatable bonds is 10. The number of ketones is 1. The topological polar surface area (TPSA) is 50.2 Å². The largest absolute Gasteiger partial charge is 0.512 e. The predicted octanol–water partition coefficient (Wildman–Crippen LogP) is 12.9. The van der Waals surface area contributed by atoms with Crippen LogP contribution in [0, 0.1) is 48.5 Å². The number of hydrogen-bond acceptors (Lipinski definition) is 4. The van der Waals surface area contributed by atoms with Crippen molar-refractivity contribution in [3.8, 4) is 11.3 Å². The van der Waals surface area contributed by atoms with Gasteiger partial charge in [-0.15, -0.1) is 40.5 Å². The normalized spacial score (nSPS) is 12.7. The number of aliphatic hydroxyl groups is 1. The van der Waals surface area contributed by atoms with Gasteiger partial charge in [-0.2, -0.15) is 0 Å². The average Bonchev–Trinajstić information content (AvgIpc) is 3.39. The molecule has 51 heavy (non-hydrogen) atoms. The van der Waals surface area contributed by atoms with Gasteiger partial charge in [0.15, 0.2) is 5.78 Å². The fourth-order valence-corrected chi connectivity index (χ4v) is 11.2. The van der Waals surface area contributed by atoms with Crippen LogP contribution in [0.3, 0.4) is 0 Å². The first-order valence-electron chi connectivity index (χ1n) is 18.6. The zero-order valence-electron chi connectivity index (χ0n) is 33.4. The minimum atomic E-state index is -1.39. The molecule has 3 nitrogen and oxygen atoms in total. The third-order valence-corrected chi connectivity index (χ3v) is 13.6. The number of fused-ring (bicyclic) bond motifs is 4. The van der Waals surface area contributed by atoms with Gasteiger partial charge in [-0.05, 0) is 53.5 Å². The number of aromatic nitrogens is 1. The Balaban J connectivity index is 0.000000306. The number of aryl methyl sites for hydroxylation is 1. The van der Waals surface area contributed by atoms with Crippen LogP contribution in [0.4, 0.5) is 0 Å². The number of pyridine rings is 1. The summed E-state index contributed by atoms with van der Waals surface area (Å²) in [4.78, 5) is 17.2. The van der Waals surface area contributed by atoms with Gasteiger partial charge in [0.05, 0.1) is 13.8 Å². The Bertz CT molecular complexity index is 1980. The van der Waals surface area contributed by atoms with Crippen LogP contribution in [0.2, 0.25) is 19.6 Å². The van der Waals surface area contributed by atoms with Gasteiger partial charge in [-0.3, -0.25) is 9.78 Å². The first kappa shape index (κ1) is 42.8. The standard InChI is InChI=1S/C28H28NSSi.C17H32O2.Ir/c1-17(2)24-16-20(15-19-9-7-8-10-21(19)24)26-28-23(13-14-29-26)22-11-12-25(31(4,5)6)18(3)27(22)30-28;1-10(2)16(11(3)4)14(18)9-15(19)17(12(5)6)13(7)8;/h7-14,16-17H,1-6H3;9-13,16-18H,1-8H3;/q-1;;/b;14-9-;. The molecule has 3 aromatic carbocycles. The molecule has 0 spiro atoms. The zero-order valence-corrected chi connectivity index (χ0v) is 37.6. The molecule has 0 saturated heterocycles. The van der Waals surface area contributed by atoms with E-state index in [1.54, 1.807) is 5.19 Å². The van der Waals surface area contributed by atoms with Gasteiger partial charge >= 0.3 is 0 Å². The first-order chi connectivity index (χ1) is 23.3. The molecule has 5 rings (SSSR count). The molecule has 1 radical (unpaired) electrons. The summed E-state index contributed by atoms with van der Waals surface area (Å²) >= 11 is 1.90. The summed E-state index contributed by atoms with van der Waals surface area (Å²) in [5, 5.41) is 17.0. The molecule has 0 aliphatic rings. The van der Waals surface area contributed by atoms with Gasteiger partial charge < -0.3 is 5.11 Å². The maximum atomic E-state index is 12.3. The van der Waals surface area contributed by atoms with E-state index in [1.807, 2.05) is 17.5 Å². The minimum Gasteiger partial charge on any atom is -0.512 e. The van der Waals surface area contributed by atoms with E-state index in [2.05, 4.69) is 150 Å². The summed E-state index contributed by atoms with van der Waals surface area (Å²) in [6.07, 6.45) is 3.44. The molecule has 2 aromatic heterocycles. The van der Waals surface area contributed by atoms with Crippen LogP contribution in [-0.4, -0.2) is 23.9 Å². The van der Waals surface area contributed by atoms with Crippen LogP contribution in [0.15, 0.2) is 66.6 Å². The quantitative estimate of drug-likeness (QED) is 0.0658. The number of hydrogen-bond donors (Lipinski definition) is 1. The van der Waals surface area contributed by atoms with E-state index >= 15 is 0 Å². The van der Waals surface area contributed by atoms with E-state index in [0.717, 1.165) is 11.3 Å². The van der Waals surface area contributed by atoms with Crippen molar-refractivity contribution >= 4 is 61.3 Å². The molecule has 0 unspecified atom stereocenters. The van der Waals surface area contributed by atoms with Gasteiger partial charge in [0, 0.05) is 64.7 Å². The second-order valence-electron chi connectivity index (χ2n) is 16.8. The molecule has 0 aliphatic heterocycles. The Morgan fingerprint density at radius 3 is 1.90 bits per heavy atom. The summed E-state index contributed by atoms with van der Waals surface area (Å²) in [5.41, 5.74) is 4.97. The Morgan fingerprint density at radius 2 is 1.35 bits per heavy atom. The summed E-state index contributed by atoms with van der Waals surface area (Å²) in [5.74, 6) is 2.07. The Morgan fingerprint density at radius 1 is 0.784 bits per heavy atom. The monoisotopic (exact) mass is 899 g/mol. The predicted molar refractivity (Wildman–Crippen MR) is 223 cm³/mol. The molecule has 0 bridgehead atoms. The van der Waals surface area contributed by atoms with Crippen LogP contribution >= 0.6 is 11.3 Å². The van der Waals surface area contributed by atoms with Crippen molar-refractivity contribution in [3.63, 3.8) is 0 Å². The number of thiophene rings is 1. The maximum absolute atomic E-state index is 12.3. The van der Waals surface area contributed by atoms with Gasteiger partial charge in [0.25, 0.3) is 0 Å². The molecule has 6 heteroatoms. The molecule has 0 amide bonds. The van der Waals surface area contributed by atoms with Crippen molar-refractivity contribution in [2.75, 3.05) is 0 Å². The smallest absolute Gasteiger partial charge is 0.162 e. The van der Waals surface area contributed by atoms with Crippen molar-refractivity contribution in [3.05, 3.63) is 83.8 Å². The number of carbonyl (C=O) groups is 1. The molecule has 1 N–H and O–H groups in total. The molecule has 0 fully saturated rings. The van der Waals surface area contributed by atoms with Crippen molar-refractivity contribution in [1.82, 2.24) is 4.98 Å². The van der Waals surface area contributed by atoms with Gasteiger partial charge in [-0.25, -0.2) is 0 Å². The van der Waals surface area contributed by atoms with Gasteiger partial charge in [-0.1, -0.05) is 135 Å². The van der Waals surface area contributed by atoms with Crippen LogP contribution in [0.25, 0.3) is 42.2 Å². The second-order valence-corrected chi connectivity index (χ2v) is 22.9. The SMILES string of the molecule is CC(C)C(C(=O)/C=C(\O)C(C(C)C)C(C)C)C(C)C.Cc1c([Si](C)(C)C)ccc2c1sc1c(-c3[c-]c4ccccc4c(C(C)C)c3)nccc12.[Ir]. The van der Waals surface area contributed by atoms with E-state index in [9.17, 15) is 9.90 Å². The minimum absolute atomic E-state index is 0. The molecular weight excluding hydrogens is 839 g/mol. The van der Waals surface area contributed by atoms with Crippen LogP contribution < -0.4 is 5.19 Å². The Labute approximate surface area is 326 Å². The first-order valence-corrected chi connectivity index (χ1v) is 22.9. The van der Waals surface area contributed by atoms with Crippen LogP contribution in [0.5, 0.6) is 0 Å². The van der Waals surface area contributed by atoms with Crippen LogP contribution in [0.1, 0.15) is 86.3 Å². The molecule has 0 aliphatic carbocycles. The van der Waals surface area contributed by atoms with E-state index < -0.39 is 8.07 Å². The second kappa shape index (κ2) is 17.5. The zero-order chi connectivity index (χ0) is 37.2. The van der Waals surface area contributed by atoms with Gasteiger partial charge in [0.2, 0.25) is 0 Å². The van der Waals surface area contributed by atoms with Crippen molar-refractivity contribution in [2.24, 2.45) is 35.5 Å². The molecular formula is C45H60IrNO2SSi-. The maximum Gasteiger partial charge on any atom is 0.162 e. The Kier molecular flexibility index (Phi) is 14.6. The van der Waals surface area contributed by atoms with E-state index in [1.165, 1.54) is 48.1 Å². The van der Waals surface area contributed by atoms with Crippen molar-refractivity contribution < 1.29 is 30.0 Å². The third-order valence-electron chi connectivity index (χ3n) is 10.1. The molecule has 0 saturated carbocycles. The fraction of sp³-hybridized carbons (Fsp3) is 0.467. The van der Waals surface area contributed by atoms with Crippen LogP contribution in [-0.2, 0) is 24.9 Å². The van der Waals surface area contributed by atoms with E-state index in [0.29, 0.717) is 29.6 Å². The molecule has 277 valence electrons. The summed E-state index contributed by atoms with van der Waals surface area (Å²) in [6, 6.07) is 21.5. The third kappa shape index (κ3) is 9.49. The number of benzene rings is 3. The number of allylic oxidation sites excluding steroid dienone is 2. The van der Waals surface area contributed by atoms with Crippen molar-refractivity contribution in [2.45, 2.75) is 102 Å². The molecule has 2 heterocycles. The Hall–Kier alpha value is -2.63. The summed E-state index contributed by atoms with van der Waals surface area (Å²) in [6.45, 7) is 30.7. The number of carbonyl (C=O) groups excluding carboxylic acids is 1. The summed E-state index contributed by atoms with van der Waals surface area (Å²) < 4.78 is 2.68. The van der Waals surface area contributed by atoms with E-state index in [-0.39, 0.29) is 43.5 Å². The molecule has 0 atom stereocenters. The summed E-state index contributed by atoms with van der Waals surface area (Å²) in [7, 11) is -1.39. The number of aliphatic hydroxyl groups excluding tert-OH is 1. The van der Waals surface area contributed by atoms with E-state index in [4.69, 9.17) is 4.98 Å². The number of nitrogens with zero attached hydrogens (tertiary/aromatic N) is 1. The van der Waals surface area contributed by atoms with Crippen molar-refractivity contribution in [1.29, 1.82) is 0 Å². The fourth-order valence-electron chi connectivity index (χ4n) is 7.99. The van der Waals surface area contributed by atoms with Gasteiger partial charge in [0.1, 0.15) is 0 Å². The average molecular weight is 899 g/mol. The molecule has 5 aromatic rings.